The topological polar surface area (TPSA) is 94.1 Å². The molecule has 8 heteroatoms. The lowest BCUT2D eigenvalue weighted by atomic mass is 10.1. The lowest BCUT2D eigenvalue weighted by Gasteiger charge is -2.32. The van der Waals surface area contributed by atoms with Crippen LogP contribution in [0, 0.1) is 5.92 Å². The Morgan fingerprint density at radius 1 is 1.14 bits per heavy atom. The minimum Gasteiger partial charge on any atom is -0.481 e. The maximum atomic E-state index is 12.1. The summed E-state index contributed by atoms with van der Waals surface area (Å²) in [7, 11) is 1.49. The van der Waals surface area contributed by atoms with Crippen molar-refractivity contribution in [2.24, 2.45) is 5.92 Å². The van der Waals surface area contributed by atoms with Crippen molar-refractivity contribution in [1.29, 1.82) is 0 Å². The fraction of sp³-hybridized carbons (Fsp3) is 0.857. The molecule has 0 saturated carbocycles. The molecule has 130 valence electrons. The molecule has 0 aliphatic heterocycles. The van der Waals surface area contributed by atoms with E-state index in [9.17, 15) is 9.59 Å². The van der Waals surface area contributed by atoms with E-state index in [0.717, 1.165) is 0 Å². The highest BCUT2D eigenvalue weighted by Crippen LogP contribution is 2.32. The molecule has 2 N–H and O–H groups in total. The molecule has 0 aromatic rings. The van der Waals surface area contributed by atoms with Gasteiger partial charge in [-0.25, -0.2) is 0 Å². The number of aliphatic carboxylic acids is 1. The largest absolute Gasteiger partial charge is 0.503 e. The first-order valence-corrected chi connectivity index (χ1v) is 9.25. The van der Waals surface area contributed by atoms with Crippen LogP contribution in [0.25, 0.3) is 0 Å². The molecule has 0 radical (unpaired) electrons. The van der Waals surface area contributed by atoms with Crippen LogP contribution >= 0.6 is 0 Å². The molecule has 0 aromatic carbocycles. The zero-order chi connectivity index (χ0) is 17.2. The van der Waals surface area contributed by atoms with Crippen molar-refractivity contribution >= 4 is 20.7 Å². The van der Waals surface area contributed by atoms with Gasteiger partial charge in [-0.1, -0.05) is 13.8 Å². The van der Waals surface area contributed by atoms with Crippen molar-refractivity contribution in [3.8, 4) is 0 Å². The Balaban J connectivity index is 4.83. The Morgan fingerprint density at radius 2 is 1.68 bits per heavy atom. The van der Waals surface area contributed by atoms with Crippen LogP contribution in [0.1, 0.15) is 39.5 Å². The number of hydrogen-bond donors (Lipinski definition) is 2. The number of nitrogens with one attached hydrogen (secondary N) is 1. The standard InChI is InChI=1S/C14H29NO6Si/c1-11(2)10-15-13(16)9-12(7-6-8-14(17)18)22(19-3,20-4)21-5/h11-12H,6-10H2,1-5H3,(H,15,16)(H,17,18). The summed E-state index contributed by atoms with van der Waals surface area (Å²) in [6.45, 7) is 4.63. The van der Waals surface area contributed by atoms with Gasteiger partial charge in [0.15, 0.2) is 0 Å². The number of carboxylic acid groups (broad SMARTS) is 1. The van der Waals surface area contributed by atoms with E-state index in [0.29, 0.717) is 25.3 Å². The van der Waals surface area contributed by atoms with Crippen LogP contribution in [0.3, 0.4) is 0 Å². The Hall–Kier alpha value is -0.963. The van der Waals surface area contributed by atoms with Crippen LogP contribution in [0.15, 0.2) is 0 Å². The lowest BCUT2D eigenvalue weighted by molar-refractivity contribution is -0.137. The fourth-order valence-corrected chi connectivity index (χ4v) is 4.76. The van der Waals surface area contributed by atoms with Crippen LogP contribution < -0.4 is 5.32 Å². The molecule has 0 heterocycles. The molecule has 0 rings (SSSR count). The number of amides is 1. The van der Waals surface area contributed by atoms with E-state index >= 15 is 0 Å². The van der Waals surface area contributed by atoms with Gasteiger partial charge in [-0.15, -0.1) is 0 Å². The van der Waals surface area contributed by atoms with Crippen LogP contribution in [0.5, 0.6) is 0 Å². The van der Waals surface area contributed by atoms with Gasteiger partial charge in [-0.05, 0) is 18.8 Å². The van der Waals surface area contributed by atoms with Gasteiger partial charge in [0.1, 0.15) is 0 Å². The smallest absolute Gasteiger partial charge is 0.481 e. The summed E-state index contributed by atoms with van der Waals surface area (Å²) in [5.74, 6) is -0.594. The maximum absolute atomic E-state index is 12.1. The van der Waals surface area contributed by atoms with Crippen LogP contribution in [-0.4, -0.2) is 53.7 Å². The SMILES string of the molecule is CO[Si](OC)(OC)C(CCCC(=O)O)CC(=O)NCC(C)C. The molecule has 0 aliphatic rings. The quantitative estimate of drug-likeness (QED) is 0.527. The predicted molar refractivity (Wildman–Crippen MR) is 84.5 cm³/mol. The number of hydrogen-bond acceptors (Lipinski definition) is 5. The van der Waals surface area contributed by atoms with E-state index in [1.165, 1.54) is 21.3 Å². The van der Waals surface area contributed by atoms with Gasteiger partial charge >= 0.3 is 14.8 Å². The minimum absolute atomic E-state index is 0.0474. The van der Waals surface area contributed by atoms with Gasteiger partial charge in [0.2, 0.25) is 5.91 Å². The van der Waals surface area contributed by atoms with Crippen LogP contribution in [-0.2, 0) is 22.9 Å². The molecule has 0 bridgehead atoms. The predicted octanol–water partition coefficient (Wildman–Crippen LogP) is 1.65. The number of carbonyl (C=O) groups is 2. The summed E-state index contributed by atoms with van der Waals surface area (Å²) in [4.78, 5) is 22.8. The Bertz CT molecular complexity index is 338. The van der Waals surface area contributed by atoms with Gasteiger partial charge < -0.3 is 23.7 Å². The van der Waals surface area contributed by atoms with Crippen molar-refractivity contribution in [3.05, 3.63) is 0 Å². The summed E-state index contributed by atoms with van der Waals surface area (Å²) in [5.41, 5.74) is -0.265. The van der Waals surface area contributed by atoms with Crippen LogP contribution in [0.2, 0.25) is 5.54 Å². The molecule has 7 nitrogen and oxygen atoms in total. The summed E-state index contributed by atoms with van der Waals surface area (Å²) in [6.07, 6.45) is 1.20. The number of carbonyl (C=O) groups excluding carboxylic acids is 1. The van der Waals surface area contributed by atoms with E-state index in [4.69, 9.17) is 18.4 Å². The first-order chi connectivity index (χ1) is 10.3. The highest BCUT2D eigenvalue weighted by Gasteiger charge is 2.47. The third-order valence-corrected chi connectivity index (χ3v) is 6.64. The zero-order valence-electron chi connectivity index (χ0n) is 14.2. The van der Waals surface area contributed by atoms with Gasteiger partial charge in [0.05, 0.1) is 0 Å². The highest BCUT2D eigenvalue weighted by molar-refractivity contribution is 6.62. The molecular formula is C14H29NO6Si. The van der Waals surface area contributed by atoms with Crippen molar-refractivity contribution in [1.82, 2.24) is 5.32 Å². The first-order valence-electron chi connectivity index (χ1n) is 7.45. The normalized spacial score (nSPS) is 13.2. The molecule has 0 aromatic heterocycles. The van der Waals surface area contributed by atoms with E-state index in [-0.39, 0.29) is 24.3 Å². The zero-order valence-corrected chi connectivity index (χ0v) is 15.2. The molecule has 0 spiro atoms. The average molecular weight is 335 g/mol. The second-order valence-corrected chi connectivity index (χ2v) is 8.85. The molecule has 0 aliphatic carbocycles. The van der Waals surface area contributed by atoms with Gasteiger partial charge in [0.25, 0.3) is 0 Å². The monoisotopic (exact) mass is 335 g/mol. The number of carboxylic acids is 1. The molecule has 1 amide bonds. The molecule has 0 fully saturated rings. The van der Waals surface area contributed by atoms with E-state index in [1.54, 1.807) is 0 Å². The Labute approximate surface area is 133 Å². The summed E-state index contributed by atoms with van der Waals surface area (Å²) in [6, 6.07) is 0. The minimum atomic E-state index is -2.99. The average Bonchev–Trinajstić information content (AvgIpc) is 2.46. The Morgan fingerprint density at radius 3 is 2.09 bits per heavy atom. The summed E-state index contributed by atoms with van der Waals surface area (Å²) >= 11 is 0. The van der Waals surface area contributed by atoms with E-state index in [1.807, 2.05) is 13.8 Å². The molecule has 1 atom stereocenters. The molecule has 22 heavy (non-hydrogen) atoms. The first kappa shape index (κ1) is 21.0. The summed E-state index contributed by atoms with van der Waals surface area (Å²) in [5, 5.41) is 11.6. The van der Waals surface area contributed by atoms with Crippen molar-refractivity contribution in [2.75, 3.05) is 27.9 Å². The Kier molecular flexibility index (Phi) is 10.2. The third-order valence-electron chi connectivity index (χ3n) is 3.44. The fourth-order valence-electron chi connectivity index (χ4n) is 2.27. The third kappa shape index (κ3) is 7.35. The van der Waals surface area contributed by atoms with Crippen LogP contribution in [0.4, 0.5) is 0 Å². The lowest BCUT2D eigenvalue weighted by Crippen LogP contribution is -2.49. The second kappa shape index (κ2) is 10.7. The summed E-state index contributed by atoms with van der Waals surface area (Å²) < 4.78 is 16.3. The van der Waals surface area contributed by atoms with E-state index in [2.05, 4.69) is 5.32 Å². The van der Waals surface area contributed by atoms with Gasteiger partial charge in [0, 0.05) is 46.3 Å². The molecule has 0 saturated heterocycles. The second-order valence-electron chi connectivity index (χ2n) is 5.60. The van der Waals surface area contributed by atoms with Gasteiger partial charge in [-0.2, -0.15) is 0 Å². The van der Waals surface area contributed by atoms with Gasteiger partial charge in [-0.3, -0.25) is 9.59 Å². The molecular weight excluding hydrogens is 306 g/mol. The van der Waals surface area contributed by atoms with Crippen molar-refractivity contribution in [3.63, 3.8) is 0 Å². The maximum Gasteiger partial charge on any atom is 0.503 e. The van der Waals surface area contributed by atoms with E-state index < -0.39 is 14.8 Å². The molecule has 1 unspecified atom stereocenters. The number of rotatable bonds is 12. The van der Waals surface area contributed by atoms with Crippen molar-refractivity contribution < 1.29 is 28.0 Å². The highest BCUT2D eigenvalue weighted by atomic mass is 28.4. The van der Waals surface area contributed by atoms with Crippen molar-refractivity contribution in [2.45, 2.75) is 45.1 Å².